The lowest BCUT2D eigenvalue weighted by atomic mass is 10.1. The number of unbranched alkanes of at least 4 members (excludes halogenated alkanes) is 27. The molecule has 59 heavy (non-hydrogen) atoms. The normalized spacial score (nSPS) is 16.5. The number of rotatable bonds is 45. The highest BCUT2D eigenvalue weighted by atomic mass is 31.2. The van der Waals surface area contributed by atoms with E-state index in [2.05, 4.69) is 20.8 Å². The highest BCUT2D eigenvalue weighted by Crippen LogP contribution is 2.58. The molecule has 16 nitrogen and oxygen atoms in total. The summed E-state index contributed by atoms with van der Waals surface area (Å²) in [5.41, 5.74) is 0. The molecular weight excluding hydrogens is 791 g/mol. The molecule has 17 heteroatoms. The number of ether oxygens (including phenoxy) is 3. The maximum absolute atomic E-state index is 14.2. The second kappa shape index (κ2) is 36.0. The minimum Gasteiger partial charge on any atom is -0.362 e. The molecule has 0 heterocycles. The Morgan fingerprint density at radius 3 is 0.678 bits per heavy atom. The molecule has 0 aliphatic heterocycles. The average molecular weight is 879 g/mol. The van der Waals surface area contributed by atoms with Crippen LogP contribution < -0.4 is 0 Å². The van der Waals surface area contributed by atoms with E-state index >= 15 is 0 Å². The molecule has 0 bridgehead atoms. The zero-order valence-corrected chi connectivity index (χ0v) is 37.8. The van der Waals surface area contributed by atoms with Crippen LogP contribution in [-0.2, 0) is 32.3 Å². The third-order valence-corrected chi connectivity index (χ3v) is 11.6. The number of aliphatic hydroxyl groups excluding tert-OH is 3. The van der Waals surface area contributed by atoms with Gasteiger partial charge in [-0.3, -0.25) is 0 Å². The van der Waals surface area contributed by atoms with Gasteiger partial charge in [0.25, 0.3) is 0 Å². The largest absolute Gasteiger partial charge is 0.488 e. The van der Waals surface area contributed by atoms with Crippen molar-refractivity contribution < 1.29 is 78.3 Å². The van der Waals surface area contributed by atoms with E-state index in [1.54, 1.807) is 0 Å². The van der Waals surface area contributed by atoms with Gasteiger partial charge in [0.15, 0.2) is 0 Å². The fraction of sp³-hybridized carbons (Fsp3) is 1.00. The summed E-state index contributed by atoms with van der Waals surface area (Å²) in [5, 5.41) is 93.6. The molecule has 9 N–H and O–H groups in total. The van der Waals surface area contributed by atoms with Gasteiger partial charge in [-0.2, -0.15) is 0 Å². The molecule has 0 aromatic heterocycles. The fourth-order valence-corrected chi connectivity index (χ4v) is 7.92. The Morgan fingerprint density at radius 1 is 0.339 bits per heavy atom. The van der Waals surface area contributed by atoms with Crippen molar-refractivity contribution >= 4 is 7.82 Å². The van der Waals surface area contributed by atoms with E-state index in [1.165, 1.54) is 77.0 Å². The molecule has 0 radical (unpaired) electrons. The minimum atomic E-state index is -6.08. The minimum absolute atomic E-state index is 0.281. The molecule has 0 aliphatic carbocycles. The standard InChI is InChI=1S/C42H87O16P/c1-4-7-10-13-16-19-22-25-28-31-34-53-40(49,37(43)44)56-59(52,57-41(50,38(45)46)54-35-32-29-26-23-20-17-14-11-8-5-2)58-42(51,39(47)48)55-36-33-30-27-24-21-18-15-12-9-6-3/h37-39,43-51H,4-36H2,1-3H3. The highest BCUT2D eigenvalue weighted by Gasteiger charge is 2.57. The van der Waals surface area contributed by atoms with Crippen LogP contribution in [0.15, 0.2) is 0 Å². The molecular formula is C42H87O16P. The first-order valence-electron chi connectivity index (χ1n) is 23.0. The van der Waals surface area contributed by atoms with Crippen molar-refractivity contribution in [3.63, 3.8) is 0 Å². The quantitative estimate of drug-likeness (QED) is 0.0160. The van der Waals surface area contributed by atoms with Gasteiger partial charge in [0.05, 0.1) is 19.8 Å². The monoisotopic (exact) mass is 879 g/mol. The van der Waals surface area contributed by atoms with Gasteiger partial charge in [0, 0.05) is 0 Å². The van der Waals surface area contributed by atoms with Gasteiger partial charge in [0.1, 0.15) is 0 Å². The number of hydrogen-bond donors (Lipinski definition) is 9. The van der Waals surface area contributed by atoms with Crippen LogP contribution in [0.5, 0.6) is 0 Å². The molecule has 356 valence electrons. The van der Waals surface area contributed by atoms with Crippen LogP contribution >= 0.6 is 7.82 Å². The average Bonchev–Trinajstić information content (AvgIpc) is 3.17. The molecule has 0 rings (SSSR count). The molecule has 0 fully saturated rings. The van der Waals surface area contributed by atoms with Crippen molar-refractivity contribution in [2.24, 2.45) is 0 Å². The summed E-state index contributed by atoms with van der Waals surface area (Å²) >= 11 is 0. The second-order valence-electron chi connectivity index (χ2n) is 15.8. The van der Waals surface area contributed by atoms with Gasteiger partial charge in [0.2, 0.25) is 18.9 Å². The van der Waals surface area contributed by atoms with Crippen LogP contribution in [0, 0.1) is 0 Å². The van der Waals surface area contributed by atoms with Gasteiger partial charge in [-0.1, -0.05) is 194 Å². The van der Waals surface area contributed by atoms with E-state index in [0.29, 0.717) is 19.3 Å². The maximum atomic E-state index is 14.2. The van der Waals surface area contributed by atoms with E-state index in [9.17, 15) is 50.5 Å². The van der Waals surface area contributed by atoms with E-state index in [1.807, 2.05) is 0 Å². The highest BCUT2D eigenvalue weighted by molar-refractivity contribution is 7.48. The van der Waals surface area contributed by atoms with Crippen LogP contribution in [0.3, 0.4) is 0 Å². The topological polar surface area (TPSA) is 255 Å². The predicted octanol–water partition coefficient (Wildman–Crippen LogP) is 7.83. The Bertz CT molecular complexity index is 875. The summed E-state index contributed by atoms with van der Waals surface area (Å²) in [4.78, 5) is 0. The van der Waals surface area contributed by atoms with Crippen molar-refractivity contribution in [2.75, 3.05) is 19.8 Å². The SMILES string of the molecule is CCCCCCCCCCCCOC(O)(OP(=O)(OC(O)(OCCCCCCCCCCCC)C(O)O)OC(O)(OCCCCCCCCCCCC)C(O)O)C(O)O. The molecule has 3 unspecified atom stereocenters. The molecule has 0 saturated carbocycles. The van der Waals surface area contributed by atoms with Gasteiger partial charge in [-0.25, -0.2) is 18.1 Å². The summed E-state index contributed by atoms with van der Waals surface area (Å²) in [6.45, 7) is 5.33. The van der Waals surface area contributed by atoms with Gasteiger partial charge >= 0.3 is 25.7 Å². The number of phosphoric acid groups is 1. The lowest BCUT2D eigenvalue weighted by molar-refractivity contribution is -0.444. The third kappa shape index (κ3) is 29.6. The van der Waals surface area contributed by atoms with Crippen molar-refractivity contribution in [3.8, 4) is 0 Å². The molecule has 0 aliphatic rings. The molecule has 0 aromatic rings. The van der Waals surface area contributed by atoms with Crippen LogP contribution in [0.1, 0.15) is 213 Å². The maximum Gasteiger partial charge on any atom is 0.488 e. The summed E-state index contributed by atoms with van der Waals surface area (Å²) in [6, 6.07) is 0. The molecule has 0 aromatic carbocycles. The lowest BCUT2D eigenvalue weighted by Crippen LogP contribution is -2.53. The zero-order valence-electron chi connectivity index (χ0n) is 36.9. The summed E-state index contributed by atoms with van der Waals surface area (Å²) in [5.74, 6) is -10.9. The first-order chi connectivity index (χ1) is 28.1. The number of hydrogen-bond acceptors (Lipinski definition) is 16. The van der Waals surface area contributed by atoms with Crippen LogP contribution in [0.25, 0.3) is 0 Å². The Labute approximate surface area is 355 Å². The molecule has 0 saturated heterocycles. The smallest absolute Gasteiger partial charge is 0.362 e. The first-order valence-corrected chi connectivity index (χ1v) is 24.5. The lowest BCUT2D eigenvalue weighted by Gasteiger charge is -2.38. The van der Waals surface area contributed by atoms with E-state index in [-0.39, 0.29) is 39.1 Å². The van der Waals surface area contributed by atoms with Crippen molar-refractivity contribution in [1.82, 2.24) is 0 Å². The van der Waals surface area contributed by atoms with Crippen molar-refractivity contribution in [2.45, 2.75) is 250 Å². The zero-order chi connectivity index (χ0) is 44.3. The first kappa shape index (κ1) is 58.6. The van der Waals surface area contributed by atoms with Crippen molar-refractivity contribution in [1.29, 1.82) is 0 Å². The molecule has 0 spiro atoms. The Balaban J connectivity index is 5.73. The Hall–Kier alpha value is -0.370. The van der Waals surface area contributed by atoms with Crippen molar-refractivity contribution in [3.05, 3.63) is 0 Å². The van der Waals surface area contributed by atoms with Crippen LogP contribution in [0.4, 0.5) is 0 Å². The fourth-order valence-electron chi connectivity index (χ4n) is 6.40. The van der Waals surface area contributed by atoms with E-state index < -0.39 is 44.6 Å². The van der Waals surface area contributed by atoms with Crippen LogP contribution in [0.2, 0.25) is 0 Å². The van der Waals surface area contributed by atoms with Gasteiger partial charge < -0.3 is 60.2 Å². The summed E-state index contributed by atoms with van der Waals surface area (Å²) < 4.78 is 44.4. The van der Waals surface area contributed by atoms with E-state index in [0.717, 1.165) is 77.0 Å². The van der Waals surface area contributed by atoms with Crippen LogP contribution in [-0.4, -0.2) is 103 Å². The number of aliphatic hydroxyl groups is 9. The van der Waals surface area contributed by atoms with E-state index in [4.69, 9.17) is 27.8 Å². The second-order valence-corrected chi connectivity index (χ2v) is 17.3. The predicted molar refractivity (Wildman–Crippen MR) is 224 cm³/mol. The summed E-state index contributed by atoms with van der Waals surface area (Å²) in [7, 11) is -6.08. The number of phosphoric ester groups is 1. The van der Waals surface area contributed by atoms with Gasteiger partial charge in [-0.05, 0) is 19.3 Å². The molecule has 0 amide bonds. The Kier molecular flexibility index (Phi) is 35.8. The summed E-state index contributed by atoms with van der Waals surface area (Å²) in [6.07, 6.45) is 19.8. The Morgan fingerprint density at radius 2 is 0.508 bits per heavy atom. The third-order valence-electron chi connectivity index (χ3n) is 10.1. The molecule has 3 atom stereocenters. The van der Waals surface area contributed by atoms with Gasteiger partial charge in [-0.15, -0.1) is 0 Å².